The molecule has 0 radical (unpaired) electrons. The third kappa shape index (κ3) is 6.40. The van der Waals surface area contributed by atoms with Crippen molar-refractivity contribution in [1.82, 2.24) is 5.32 Å². The van der Waals surface area contributed by atoms with Gasteiger partial charge < -0.3 is 16.2 Å². The van der Waals surface area contributed by atoms with Gasteiger partial charge in [0.05, 0.1) is 5.92 Å². The van der Waals surface area contributed by atoms with E-state index in [2.05, 4.69) is 5.32 Å². The molecule has 0 heterocycles. The molecule has 0 saturated heterocycles. The van der Waals surface area contributed by atoms with Crippen LogP contribution in [0.2, 0.25) is 0 Å². The lowest BCUT2D eigenvalue weighted by atomic mass is 10.1. The first-order valence-electron chi connectivity index (χ1n) is 5.69. The van der Waals surface area contributed by atoms with Crippen LogP contribution in [0.1, 0.15) is 33.1 Å². The number of hydrogen-bond donors (Lipinski definition) is 3. The van der Waals surface area contributed by atoms with Gasteiger partial charge in [-0.05, 0) is 25.8 Å². The van der Waals surface area contributed by atoms with Gasteiger partial charge in [0.1, 0.15) is 0 Å². The maximum Gasteiger partial charge on any atom is 0.306 e. The molecule has 0 fully saturated rings. The number of rotatable bonds is 8. The third-order valence-corrected chi connectivity index (χ3v) is 2.58. The molecule has 2 atom stereocenters. The van der Waals surface area contributed by atoms with Crippen LogP contribution in [0.3, 0.4) is 0 Å². The van der Waals surface area contributed by atoms with Crippen molar-refractivity contribution in [3.8, 4) is 0 Å². The molecule has 5 heteroatoms. The molecule has 0 spiro atoms. The first-order chi connectivity index (χ1) is 7.49. The topological polar surface area (TPSA) is 92.4 Å². The Morgan fingerprint density at radius 2 is 1.88 bits per heavy atom. The fourth-order valence-corrected chi connectivity index (χ4v) is 1.30. The van der Waals surface area contributed by atoms with Gasteiger partial charge in [-0.25, -0.2) is 0 Å². The summed E-state index contributed by atoms with van der Waals surface area (Å²) in [5, 5.41) is 11.4. The quantitative estimate of drug-likeness (QED) is 0.532. The van der Waals surface area contributed by atoms with Crippen molar-refractivity contribution in [2.75, 3.05) is 13.1 Å². The minimum atomic E-state index is -0.789. The van der Waals surface area contributed by atoms with Crippen LogP contribution in [-0.2, 0) is 9.59 Å². The highest BCUT2D eigenvalue weighted by atomic mass is 16.4. The molecule has 5 nitrogen and oxygen atoms in total. The lowest BCUT2D eigenvalue weighted by Crippen LogP contribution is -2.31. The Hall–Kier alpha value is -1.10. The summed E-state index contributed by atoms with van der Waals surface area (Å²) in [5.41, 5.74) is 5.35. The van der Waals surface area contributed by atoms with Gasteiger partial charge in [-0.2, -0.15) is 0 Å². The van der Waals surface area contributed by atoms with Crippen LogP contribution in [0.25, 0.3) is 0 Å². The molecule has 4 N–H and O–H groups in total. The zero-order chi connectivity index (χ0) is 12.6. The minimum absolute atomic E-state index is 0.00609. The molecule has 0 rings (SSSR count). The number of carboxylic acids is 1. The predicted molar refractivity (Wildman–Crippen MR) is 61.9 cm³/mol. The Morgan fingerprint density at radius 3 is 2.38 bits per heavy atom. The number of carboxylic acid groups (broad SMARTS) is 1. The summed E-state index contributed by atoms with van der Waals surface area (Å²) in [7, 11) is 0. The molecule has 0 aromatic heterocycles. The predicted octanol–water partition coefficient (Wildman–Crippen LogP) is 0.588. The standard InChI is InChI=1S/C11H22N2O3/c1-8(5-6-12)10(14)13-7-3-4-9(2)11(15)16/h8-9H,3-7,12H2,1-2H3,(H,13,14)(H,15,16). The average Bonchev–Trinajstić information content (AvgIpc) is 2.23. The normalized spacial score (nSPS) is 14.2. The Morgan fingerprint density at radius 1 is 1.25 bits per heavy atom. The van der Waals surface area contributed by atoms with Crippen LogP contribution in [0.4, 0.5) is 0 Å². The molecule has 0 saturated carbocycles. The molecule has 94 valence electrons. The summed E-state index contributed by atoms with van der Waals surface area (Å²) < 4.78 is 0. The first kappa shape index (κ1) is 14.9. The molecule has 0 bridgehead atoms. The summed E-state index contributed by atoms with van der Waals surface area (Å²) in [6.07, 6.45) is 1.95. The Labute approximate surface area is 96.4 Å². The number of carbonyl (C=O) groups is 2. The highest BCUT2D eigenvalue weighted by Crippen LogP contribution is 2.05. The number of nitrogens with one attached hydrogen (secondary N) is 1. The van der Waals surface area contributed by atoms with Crippen LogP contribution < -0.4 is 11.1 Å². The maximum atomic E-state index is 11.4. The van der Waals surface area contributed by atoms with Gasteiger partial charge in [-0.3, -0.25) is 9.59 Å². The Bertz CT molecular complexity index is 231. The van der Waals surface area contributed by atoms with E-state index in [1.807, 2.05) is 6.92 Å². The van der Waals surface area contributed by atoms with Gasteiger partial charge >= 0.3 is 5.97 Å². The van der Waals surface area contributed by atoms with Gasteiger partial charge in [-0.15, -0.1) is 0 Å². The Balaban J connectivity index is 3.58. The van der Waals surface area contributed by atoms with E-state index in [-0.39, 0.29) is 17.7 Å². The van der Waals surface area contributed by atoms with Crippen LogP contribution in [-0.4, -0.2) is 30.1 Å². The van der Waals surface area contributed by atoms with Crippen LogP contribution in [0.15, 0.2) is 0 Å². The number of amides is 1. The van der Waals surface area contributed by atoms with Crippen molar-refractivity contribution < 1.29 is 14.7 Å². The lowest BCUT2D eigenvalue weighted by molar-refractivity contribution is -0.141. The van der Waals surface area contributed by atoms with Crippen molar-refractivity contribution in [3.63, 3.8) is 0 Å². The molecule has 0 aliphatic carbocycles. The lowest BCUT2D eigenvalue weighted by Gasteiger charge is -2.11. The van der Waals surface area contributed by atoms with Crippen molar-refractivity contribution >= 4 is 11.9 Å². The van der Waals surface area contributed by atoms with Gasteiger partial charge in [0.2, 0.25) is 5.91 Å². The zero-order valence-corrected chi connectivity index (χ0v) is 10.0. The van der Waals surface area contributed by atoms with Crippen LogP contribution in [0, 0.1) is 11.8 Å². The van der Waals surface area contributed by atoms with Crippen molar-refractivity contribution in [2.24, 2.45) is 17.6 Å². The number of nitrogens with two attached hydrogens (primary N) is 1. The highest BCUT2D eigenvalue weighted by Gasteiger charge is 2.12. The van der Waals surface area contributed by atoms with Crippen LogP contribution >= 0.6 is 0 Å². The summed E-state index contributed by atoms with van der Waals surface area (Å²) in [4.78, 5) is 21.9. The number of aliphatic carboxylic acids is 1. The van der Waals surface area contributed by atoms with Crippen molar-refractivity contribution in [1.29, 1.82) is 0 Å². The van der Waals surface area contributed by atoms with Crippen molar-refractivity contribution in [2.45, 2.75) is 33.1 Å². The minimum Gasteiger partial charge on any atom is -0.481 e. The van der Waals surface area contributed by atoms with E-state index in [9.17, 15) is 9.59 Å². The monoisotopic (exact) mass is 230 g/mol. The van der Waals surface area contributed by atoms with E-state index >= 15 is 0 Å². The first-order valence-corrected chi connectivity index (χ1v) is 5.69. The summed E-state index contributed by atoms with van der Waals surface area (Å²) >= 11 is 0. The van der Waals surface area contributed by atoms with Crippen LogP contribution in [0.5, 0.6) is 0 Å². The fraction of sp³-hybridized carbons (Fsp3) is 0.818. The van der Waals surface area contributed by atoms with Gasteiger partial charge in [0.25, 0.3) is 0 Å². The molecule has 2 unspecified atom stereocenters. The smallest absolute Gasteiger partial charge is 0.306 e. The maximum absolute atomic E-state index is 11.4. The van der Waals surface area contributed by atoms with E-state index in [0.717, 1.165) is 0 Å². The second-order valence-electron chi connectivity index (χ2n) is 4.15. The SMILES string of the molecule is CC(CCCNC(=O)C(C)CCN)C(=O)O. The summed E-state index contributed by atoms with van der Waals surface area (Å²) in [6, 6.07) is 0. The number of carbonyl (C=O) groups excluding carboxylic acids is 1. The second-order valence-corrected chi connectivity index (χ2v) is 4.15. The molecular weight excluding hydrogens is 208 g/mol. The third-order valence-electron chi connectivity index (χ3n) is 2.58. The molecule has 1 amide bonds. The zero-order valence-electron chi connectivity index (χ0n) is 10.0. The van der Waals surface area contributed by atoms with E-state index in [1.165, 1.54) is 0 Å². The van der Waals surface area contributed by atoms with Gasteiger partial charge in [0, 0.05) is 12.5 Å². The van der Waals surface area contributed by atoms with E-state index in [4.69, 9.17) is 10.8 Å². The second kappa shape index (κ2) is 8.10. The van der Waals surface area contributed by atoms with E-state index in [0.29, 0.717) is 32.4 Å². The van der Waals surface area contributed by atoms with Gasteiger partial charge in [0.15, 0.2) is 0 Å². The summed E-state index contributed by atoms with van der Waals surface area (Å²) in [6.45, 7) is 4.54. The summed E-state index contributed by atoms with van der Waals surface area (Å²) in [5.74, 6) is -1.21. The largest absolute Gasteiger partial charge is 0.481 e. The molecule has 16 heavy (non-hydrogen) atoms. The molecular formula is C11H22N2O3. The highest BCUT2D eigenvalue weighted by molar-refractivity contribution is 5.78. The van der Waals surface area contributed by atoms with Gasteiger partial charge in [-0.1, -0.05) is 13.8 Å². The molecule has 0 aliphatic rings. The number of hydrogen-bond acceptors (Lipinski definition) is 3. The van der Waals surface area contributed by atoms with E-state index in [1.54, 1.807) is 6.92 Å². The average molecular weight is 230 g/mol. The Kier molecular flexibility index (Phi) is 7.54. The fourth-order valence-electron chi connectivity index (χ4n) is 1.30. The molecule has 0 aromatic rings. The molecule has 0 aromatic carbocycles. The van der Waals surface area contributed by atoms with Crippen molar-refractivity contribution in [3.05, 3.63) is 0 Å². The molecule has 0 aliphatic heterocycles. The van der Waals surface area contributed by atoms with E-state index < -0.39 is 5.97 Å².